The van der Waals surface area contributed by atoms with E-state index in [0.717, 1.165) is 0 Å². The third-order valence-electron chi connectivity index (χ3n) is 3.95. The average Bonchev–Trinajstić information content (AvgIpc) is 2.60. The minimum absolute atomic E-state index is 0.00371. The molecule has 0 unspecified atom stereocenters. The van der Waals surface area contributed by atoms with E-state index in [1.165, 1.54) is 30.2 Å². The lowest BCUT2D eigenvalue weighted by Crippen LogP contribution is -2.50. The molecule has 8 heteroatoms. The molecule has 1 fully saturated rings. The Hall–Kier alpha value is -2.19. The quantitative estimate of drug-likeness (QED) is 0.819. The van der Waals surface area contributed by atoms with Gasteiger partial charge in [-0.3, -0.25) is 9.59 Å². The van der Waals surface area contributed by atoms with E-state index in [1.54, 1.807) is 14.1 Å². The maximum absolute atomic E-state index is 13.5. The number of carbonyl (C=O) groups excluding carboxylic acids is 2. The normalized spacial score (nSPS) is 20.0. The van der Waals surface area contributed by atoms with Gasteiger partial charge in [-0.2, -0.15) is 0 Å². The Bertz CT molecular complexity index is 623. The van der Waals surface area contributed by atoms with Gasteiger partial charge in [0, 0.05) is 26.3 Å². The van der Waals surface area contributed by atoms with Gasteiger partial charge in [-0.15, -0.1) is 0 Å². The van der Waals surface area contributed by atoms with Gasteiger partial charge in [0.15, 0.2) is 11.6 Å². The molecule has 0 spiro atoms. The molecule has 2 atom stereocenters. The maximum Gasteiger partial charge on any atom is 0.251 e. The lowest BCUT2D eigenvalue weighted by Gasteiger charge is -2.32. The second-order valence-corrected chi connectivity index (χ2v) is 5.93. The topological polar surface area (TPSA) is 77.1 Å². The summed E-state index contributed by atoms with van der Waals surface area (Å²) in [7, 11) is 4.62. The molecule has 1 N–H and O–H groups in total. The monoisotopic (exact) mass is 354 g/mol. The molecule has 1 heterocycles. The Morgan fingerprint density at radius 2 is 2.16 bits per heavy atom. The van der Waals surface area contributed by atoms with Crippen LogP contribution in [0.2, 0.25) is 0 Å². The van der Waals surface area contributed by atoms with Gasteiger partial charge in [0.2, 0.25) is 5.91 Å². The number of amides is 2. The number of hydrogen-bond donors (Lipinski definition) is 1. The summed E-state index contributed by atoms with van der Waals surface area (Å²) >= 11 is 0. The first-order valence-corrected chi connectivity index (χ1v) is 7.96. The minimum atomic E-state index is -0.534. The van der Waals surface area contributed by atoms with E-state index in [9.17, 15) is 14.0 Å². The Labute approximate surface area is 146 Å². The van der Waals surface area contributed by atoms with E-state index in [2.05, 4.69) is 5.32 Å². The largest absolute Gasteiger partial charge is 0.494 e. The highest BCUT2D eigenvalue weighted by Crippen LogP contribution is 2.19. The van der Waals surface area contributed by atoms with Crippen molar-refractivity contribution in [1.82, 2.24) is 10.2 Å². The van der Waals surface area contributed by atoms with E-state index >= 15 is 0 Å². The third kappa shape index (κ3) is 5.14. The molecule has 2 amide bonds. The van der Waals surface area contributed by atoms with Gasteiger partial charge in [0.25, 0.3) is 5.91 Å². The fraction of sp³-hybridized carbons (Fsp3) is 0.529. The summed E-state index contributed by atoms with van der Waals surface area (Å²) < 4.78 is 29.3. The van der Waals surface area contributed by atoms with Gasteiger partial charge in [-0.05, 0) is 24.6 Å². The molecule has 0 aliphatic carbocycles. The zero-order valence-corrected chi connectivity index (χ0v) is 14.6. The Kier molecular flexibility index (Phi) is 6.72. The van der Waals surface area contributed by atoms with Gasteiger partial charge in [-0.25, -0.2) is 4.39 Å². The zero-order valence-electron chi connectivity index (χ0n) is 14.6. The smallest absolute Gasteiger partial charge is 0.251 e. The molecule has 2 rings (SSSR count). The summed E-state index contributed by atoms with van der Waals surface area (Å²) in [5, 5.41) is 2.86. The second kappa shape index (κ2) is 8.77. The van der Waals surface area contributed by atoms with Gasteiger partial charge < -0.3 is 24.4 Å². The first-order chi connectivity index (χ1) is 11.9. The third-order valence-corrected chi connectivity index (χ3v) is 3.95. The lowest BCUT2D eigenvalue weighted by atomic mass is 10.0. The van der Waals surface area contributed by atoms with Crippen LogP contribution in [0.1, 0.15) is 16.8 Å². The van der Waals surface area contributed by atoms with Gasteiger partial charge in [0.05, 0.1) is 19.8 Å². The summed E-state index contributed by atoms with van der Waals surface area (Å²) in [5.41, 5.74) is 0.285. The van der Waals surface area contributed by atoms with Crippen molar-refractivity contribution in [2.75, 3.05) is 41.0 Å². The highest BCUT2D eigenvalue weighted by atomic mass is 19.1. The van der Waals surface area contributed by atoms with Crippen molar-refractivity contribution in [1.29, 1.82) is 0 Å². The van der Waals surface area contributed by atoms with Crippen molar-refractivity contribution in [3.63, 3.8) is 0 Å². The molecule has 0 saturated carbocycles. The van der Waals surface area contributed by atoms with Gasteiger partial charge in [0.1, 0.15) is 12.7 Å². The highest BCUT2D eigenvalue weighted by molar-refractivity contribution is 5.94. The molecule has 138 valence electrons. The van der Waals surface area contributed by atoms with Crippen molar-refractivity contribution in [2.24, 2.45) is 0 Å². The molecule has 1 aliphatic heterocycles. The van der Waals surface area contributed by atoms with Crippen molar-refractivity contribution in [3.8, 4) is 5.75 Å². The van der Waals surface area contributed by atoms with Gasteiger partial charge in [-0.1, -0.05) is 0 Å². The molecule has 25 heavy (non-hydrogen) atoms. The van der Waals surface area contributed by atoms with Crippen LogP contribution in [0.15, 0.2) is 18.2 Å². The molecular formula is C17H23FN2O5. The summed E-state index contributed by atoms with van der Waals surface area (Å²) in [6, 6.07) is 3.61. The number of rotatable bonds is 6. The van der Waals surface area contributed by atoms with Crippen molar-refractivity contribution >= 4 is 11.8 Å². The predicted octanol–water partition coefficient (Wildman–Crippen LogP) is 0.826. The van der Waals surface area contributed by atoms with Crippen LogP contribution < -0.4 is 10.1 Å². The van der Waals surface area contributed by atoms with Crippen molar-refractivity contribution in [3.05, 3.63) is 29.6 Å². The second-order valence-electron chi connectivity index (χ2n) is 5.93. The number of nitrogens with zero attached hydrogens (tertiary/aromatic N) is 1. The lowest BCUT2D eigenvalue weighted by molar-refractivity contribution is -0.140. The van der Waals surface area contributed by atoms with Crippen LogP contribution in [-0.4, -0.2) is 69.9 Å². The van der Waals surface area contributed by atoms with E-state index in [4.69, 9.17) is 14.2 Å². The number of nitrogens with one attached hydrogen (secondary N) is 1. The molecule has 0 bridgehead atoms. The number of benzene rings is 1. The number of hydrogen-bond acceptors (Lipinski definition) is 5. The number of carbonyl (C=O) groups is 2. The van der Waals surface area contributed by atoms with E-state index in [1.807, 2.05) is 0 Å². The number of likely N-dealkylation sites (N-methyl/N-ethyl adjacent to an activating group) is 1. The zero-order chi connectivity index (χ0) is 18.4. The molecule has 1 aromatic rings. The number of methoxy groups -OCH3 is 1. The van der Waals surface area contributed by atoms with E-state index in [-0.39, 0.29) is 35.8 Å². The van der Waals surface area contributed by atoms with Crippen LogP contribution in [0.4, 0.5) is 4.39 Å². The fourth-order valence-corrected chi connectivity index (χ4v) is 2.40. The molecule has 0 aromatic heterocycles. The van der Waals surface area contributed by atoms with Crippen LogP contribution in [0.25, 0.3) is 0 Å². The standard InChI is InChI=1S/C17H23FN2O5/c1-20(2)16(21)10-25-15-9-24-7-6-13(15)19-17(22)11-4-5-12(18)14(8-11)23-3/h4-5,8,13,15H,6-7,9-10H2,1-3H3,(H,19,22)/t13-,15-/m1/s1. The van der Waals surface area contributed by atoms with Crippen LogP contribution in [-0.2, 0) is 14.3 Å². The Morgan fingerprint density at radius 1 is 1.40 bits per heavy atom. The summed E-state index contributed by atoms with van der Waals surface area (Å²) in [6.45, 7) is 0.690. The van der Waals surface area contributed by atoms with Crippen LogP contribution >= 0.6 is 0 Å². The van der Waals surface area contributed by atoms with E-state index in [0.29, 0.717) is 19.6 Å². The van der Waals surface area contributed by atoms with Crippen LogP contribution in [0.5, 0.6) is 5.75 Å². The average molecular weight is 354 g/mol. The summed E-state index contributed by atoms with van der Waals surface area (Å²) in [5.74, 6) is -1.06. The minimum Gasteiger partial charge on any atom is -0.494 e. The first kappa shape index (κ1) is 19.1. The summed E-state index contributed by atoms with van der Waals surface area (Å²) in [4.78, 5) is 25.5. The van der Waals surface area contributed by atoms with Crippen molar-refractivity contribution < 1.29 is 28.2 Å². The number of ether oxygens (including phenoxy) is 3. The SMILES string of the molecule is COc1cc(C(=O)N[C@@H]2CCOC[C@H]2OCC(=O)N(C)C)ccc1F. The molecular weight excluding hydrogens is 331 g/mol. The predicted molar refractivity (Wildman–Crippen MR) is 88.1 cm³/mol. The molecule has 1 aromatic carbocycles. The maximum atomic E-state index is 13.5. The van der Waals surface area contributed by atoms with Gasteiger partial charge >= 0.3 is 0 Å². The molecule has 7 nitrogen and oxygen atoms in total. The summed E-state index contributed by atoms with van der Waals surface area (Å²) in [6.07, 6.45) is 0.134. The van der Waals surface area contributed by atoms with Crippen LogP contribution in [0.3, 0.4) is 0 Å². The van der Waals surface area contributed by atoms with E-state index < -0.39 is 11.9 Å². The Morgan fingerprint density at radius 3 is 2.84 bits per heavy atom. The molecule has 1 aliphatic rings. The fourth-order valence-electron chi connectivity index (χ4n) is 2.40. The highest BCUT2D eigenvalue weighted by Gasteiger charge is 2.29. The van der Waals surface area contributed by atoms with Crippen molar-refractivity contribution in [2.45, 2.75) is 18.6 Å². The van der Waals surface area contributed by atoms with Crippen LogP contribution in [0, 0.1) is 5.82 Å². The number of halogens is 1. The Balaban J connectivity index is 2.00. The molecule has 1 saturated heterocycles. The first-order valence-electron chi connectivity index (χ1n) is 7.96. The molecule has 0 radical (unpaired) electrons.